The van der Waals surface area contributed by atoms with Gasteiger partial charge in [0.1, 0.15) is 12.2 Å². The van der Waals surface area contributed by atoms with Crippen LogP contribution in [0.1, 0.15) is 5.56 Å². The molecule has 0 fully saturated rings. The molecule has 8 nitrogen and oxygen atoms in total. The van der Waals surface area contributed by atoms with Gasteiger partial charge in [0.25, 0.3) is 11.5 Å². The smallest absolute Gasteiger partial charge is 0.430 e. The molecule has 1 amide bonds. The molecule has 0 aliphatic carbocycles. The van der Waals surface area contributed by atoms with Crippen LogP contribution in [-0.4, -0.2) is 47.2 Å². The number of carboxylic acid groups (broad SMARTS) is 1. The van der Waals surface area contributed by atoms with Gasteiger partial charge in [-0.25, -0.2) is 9.79 Å². The number of benzene rings is 1. The van der Waals surface area contributed by atoms with Crippen molar-refractivity contribution in [3.63, 3.8) is 0 Å². The summed E-state index contributed by atoms with van der Waals surface area (Å²) in [5, 5.41) is 12.4. The second-order valence-corrected chi connectivity index (χ2v) is 6.64. The molecule has 0 aliphatic heterocycles. The molecule has 12 heteroatoms. The van der Waals surface area contributed by atoms with E-state index < -0.39 is 49.4 Å². The summed E-state index contributed by atoms with van der Waals surface area (Å²) in [6.07, 6.45) is -6.74. The minimum Gasteiger partial charge on any atom is -0.632 e. The Hall–Kier alpha value is -1.78. The van der Waals surface area contributed by atoms with Gasteiger partial charge in [0.05, 0.1) is 5.97 Å². The van der Waals surface area contributed by atoms with Crippen LogP contribution in [0.5, 0.6) is 0 Å². The van der Waals surface area contributed by atoms with Gasteiger partial charge in [0.2, 0.25) is 7.94 Å². The third-order valence-electron chi connectivity index (χ3n) is 3.22. The molecular formula is C13H14F3NO7P-. The number of alkyl halides is 3. The molecule has 0 radical (unpaired) electrons. The molecule has 0 saturated carbocycles. The number of hydrogen-bond acceptors (Lipinski definition) is 7. The normalized spacial score (nSPS) is 16.0. The van der Waals surface area contributed by atoms with Gasteiger partial charge >= 0.3 is 6.18 Å². The van der Waals surface area contributed by atoms with Crippen molar-refractivity contribution in [2.24, 2.45) is 0 Å². The SMILES string of the molecule is CO[C@@](C(=O)N[C@H](C[P+]([O-])(O)O)C(=O)[O-])(c1ccccc1)C(F)(F)F. The number of rotatable bonds is 7. The lowest BCUT2D eigenvalue weighted by Gasteiger charge is -2.35. The lowest BCUT2D eigenvalue weighted by molar-refractivity contribution is -0.309. The highest BCUT2D eigenvalue weighted by Gasteiger charge is 2.63. The molecule has 1 aromatic carbocycles. The third-order valence-corrected chi connectivity index (χ3v) is 4.06. The molecule has 1 aromatic rings. The Kier molecular flexibility index (Phi) is 6.49. The second kappa shape index (κ2) is 7.63. The zero-order valence-electron chi connectivity index (χ0n) is 12.7. The number of carboxylic acids is 1. The van der Waals surface area contributed by atoms with E-state index in [4.69, 9.17) is 9.79 Å². The van der Waals surface area contributed by atoms with Crippen LogP contribution in [0.15, 0.2) is 30.3 Å². The maximum Gasteiger partial charge on any atom is 0.430 e. The fourth-order valence-electron chi connectivity index (χ4n) is 2.10. The van der Waals surface area contributed by atoms with Gasteiger partial charge in [0.15, 0.2) is 0 Å². The summed E-state index contributed by atoms with van der Waals surface area (Å²) in [6, 6.07) is 3.31. The van der Waals surface area contributed by atoms with Crippen LogP contribution in [0.25, 0.3) is 0 Å². The third kappa shape index (κ3) is 4.86. The number of nitrogens with one attached hydrogen (secondary N) is 1. The molecular weight excluding hydrogens is 370 g/mol. The Morgan fingerprint density at radius 2 is 1.80 bits per heavy atom. The number of carbonyl (C=O) groups excluding carboxylic acids is 2. The van der Waals surface area contributed by atoms with Crippen LogP contribution < -0.4 is 15.3 Å². The molecule has 0 unspecified atom stereocenters. The van der Waals surface area contributed by atoms with Crippen molar-refractivity contribution in [3.8, 4) is 0 Å². The van der Waals surface area contributed by atoms with Crippen LogP contribution in [0.3, 0.4) is 0 Å². The molecule has 0 spiro atoms. The maximum atomic E-state index is 13.6. The lowest BCUT2D eigenvalue weighted by atomic mass is 9.91. The molecule has 2 atom stereocenters. The Bertz CT molecular complexity index is 620. The predicted octanol–water partition coefficient (Wildman–Crippen LogP) is -1.57. The van der Waals surface area contributed by atoms with Crippen molar-refractivity contribution in [1.29, 1.82) is 0 Å². The molecule has 3 N–H and O–H groups in total. The molecule has 1 rings (SSSR count). The Morgan fingerprint density at radius 3 is 2.16 bits per heavy atom. The first-order chi connectivity index (χ1) is 11.3. The van der Waals surface area contributed by atoms with Gasteiger partial charge < -0.3 is 24.8 Å². The van der Waals surface area contributed by atoms with E-state index in [1.165, 1.54) is 23.5 Å². The number of carbonyl (C=O) groups is 2. The van der Waals surface area contributed by atoms with Crippen molar-refractivity contribution in [1.82, 2.24) is 5.32 Å². The second-order valence-electron chi connectivity index (χ2n) is 4.94. The summed E-state index contributed by atoms with van der Waals surface area (Å²) < 4.78 is 45.2. The molecule has 0 saturated heterocycles. The fourth-order valence-corrected chi connectivity index (χ4v) is 2.82. The van der Waals surface area contributed by atoms with Crippen molar-refractivity contribution in [2.45, 2.75) is 17.8 Å². The Balaban J connectivity index is 3.32. The summed E-state index contributed by atoms with van der Waals surface area (Å²) >= 11 is 0. The topological polar surface area (TPSA) is 142 Å². The molecule has 25 heavy (non-hydrogen) atoms. The minimum atomic E-state index is -5.30. The van der Waals surface area contributed by atoms with Gasteiger partial charge in [0, 0.05) is 12.7 Å². The number of hydrogen-bond donors (Lipinski definition) is 3. The molecule has 0 aromatic heterocycles. The molecule has 0 bridgehead atoms. The predicted molar refractivity (Wildman–Crippen MR) is 74.3 cm³/mol. The number of aliphatic carboxylic acids is 1. The van der Waals surface area contributed by atoms with E-state index in [0.29, 0.717) is 7.11 Å². The minimum absolute atomic E-state index is 0.594. The van der Waals surface area contributed by atoms with Crippen molar-refractivity contribution in [2.75, 3.05) is 13.3 Å². The van der Waals surface area contributed by atoms with Gasteiger partial charge in [-0.1, -0.05) is 30.3 Å². The molecule has 0 aliphatic rings. The van der Waals surface area contributed by atoms with Gasteiger partial charge in [-0.05, 0) is 0 Å². The number of ether oxygens (including phenoxy) is 1. The van der Waals surface area contributed by atoms with E-state index in [2.05, 4.69) is 4.74 Å². The monoisotopic (exact) mass is 384 g/mol. The first-order valence-electron chi connectivity index (χ1n) is 6.59. The van der Waals surface area contributed by atoms with E-state index in [9.17, 15) is 32.8 Å². The number of amides is 1. The Labute approximate surface area is 140 Å². The van der Waals surface area contributed by atoms with E-state index in [0.717, 1.165) is 12.1 Å². The highest BCUT2D eigenvalue weighted by atomic mass is 31.2. The average molecular weight is 384 g/mol. The summed E-state index contributed by atoms with van der Waals surface area (Å²) in [7, 11) is -4.37. The standard InChI is InChI=1S/C13H15F3NO7P/c1-24-12(13(14,15)16,8-5-3-2-4-6-8)11(20)17-9(10(18)19)7-25(21,22)23/h2-6,9H,7H2,1H3,(H,17,20)(H,18,19)(H2,21,22,23)/p-1/t9-,12-/m1/s1. The molecule has 140 valence electrons. The van der Waals surface area contributed by atoms with Gasteiger partial charge in [-0.2, -0.15) is 13.2 Å². The first-order valence-corrected chi connectivity index (χ1v) is 8.38. The summed E-state index contributed by atoms with van der Waals surface area (Å²) in [6.45, 7) is 0. The average Bonchev–Trinajstić information content (AvgIpc) is 2.46. The van der Waals surface area contributed by atoms with E-state index in [1.807, 2.05) is 0 Å². The van der Waals surface area contributed by atoms with Crippen LogP contribution in [0, 0.1) is 0 Å². The largest absolute Gasteiger partial charge is 0.632 e. The summed E-state index contributed by atoms with van der Waals surface area (Å²) in [5.41, 5.74) is -4.22. The summed E-state index contributed by atoms with van der Waals surface area (Å²) in [4.78, 5) is 51.7. The van der Waals surface area contributed by atoms with E-state index >= 15 is 0 Å². The van der Waals surface area contributed by atoms with Crippen LogP contribution in [0.2, 0.25) is 0 Å². The number of halogens is 3. The highest BCUT2D eigenvalue weighted by molar-refractivity contribution is 7.57. The van der Waals surface area contributed by atoms with E-state index in [1.54, 1.807) is 0 Å². The van der Waals surface area contributed by atoms with Crippen molar-refractivity contribution >= 4 is 19.8 Å². The highest BCUT2D eigenvalue weighted by Crippen LogP contribution is 2.43. The zero-order chi connectivity index (χ0) is 19.5. The fraction of sp³-hybridized carbons (Fsp3) is 0.385. The maximum absolute atomic E-state index is 13.6. The van der Waals surface area contributed by atoms with Gasteiger partial charge in [-0.15, -0.1) is 0 Å². The van der Waals surface area contributed by atoms with Gasteiger partial charge in [-0.3, -0.25) is 4.79 Å². The zero-order valence-corrected chi connectivity index (χ0v) is 13.6. The van der Waals surface area contributed by atoms with Crippen LogP contribution in [0.4, 0.5) is 13.2 Å². The van der Waals surface area contributed by atoms with E-state index in [-0.39, 0.29) is 0 Å². The van der Waals surface area contributed by atoms with Crippen LogP contribution in [-0.2, 0) is 19.9 Å². The lowest BCUT2D eigenvalue weighted by Crippen LogP contribution is -2.61. The van der Waals surface area contributed by atoms with Crippen LogP contribution >= 0.6 is 7.94 Å². The quantitative estimate of drug-likeness (QED) is 0.482. The number of methoxy groups -OCH3 is 1. The first kappa shape index (κ1) is 21.3. The van der Waals surface area contributed by atoms with Crippen molar-refractivity contribution in [3.05, 3.63) is 35.9 Å². The summed E-state index contributed by atoms with van der Waals surface area (Å²) in [5.74, 6) is -4.10. The molecule has 0 heterocycles. The van der Waals surface area contributed by atoms with Crippen molar-refractivity contribution < 1.29 is 47.3 Å². The Morgan fingerprint density at radius 1 is 1.28 bits per heavy atom.